The normalized spacial score (nSPS) is 21.9. The standard InChI is InChI=1S/C12H18N4O2/c1-8-14-11(18-15-8)9-2-4-16(5-3-9)12(17)10-6-13-7-10/h9-10,13H,2-7H2,1H3. The predicted molar refractivity (Wildman–Crippen MR) is 63.9 cm³/mol. The number of aryl methyl sites for hydroxylation is 1. The van der Waals surface area contributed by atoms with E-state index in [-0.39, 0.29) is 5.92 Å². The van der Waals surface area contributed by atoms with Crippen molar-refractivity contribution in [1.82, 2.24) is 20.4 Å². The molecule has 1 amide bonds. The number of nitrogens with zero attached hydrogens (tertiary/aromatic N) is 3. The van der Waals surface area contributed by atoms with Crippen LogP contribution >= 0.6 is 0 Å². The quantitative estimate of drug-likeness (QED) is 0.817. The molecule has 0 aromatic carbocycles. The van der Waals surface area contributed by atoms with Crippen LogP contribution in [0.4, 0.5) is 0 Å². The Labute approximate surface area is 106 Å². The molecule has 1 N–H and O–H groups in total. The number of carbonyl (C=O) groups is 1. The Kier molecular flexibility index (Phi) is 3.03. The summed E-state index contributed by atoms with van der Waals surface area (Å²) < 4.78 is 5.20. The van der Waals surface area contributed by atoms with E-state index in [2.05, 4.69) is 15.5 Å². The lowest BCUT2D eigenvalue weighted by atomic mass is 9.94. The van der Waals surface area contributed by atoms with E-state index in [1.807, 2.05) is 11.8 Å². The lowest BCUT2D eigenvalue weighted by molar-refractivity contribution is -0.138. The maximum atomic E-state index is 12.1. The molecule has 2 aliphatic rings. The van der Waals surface area contributed by atoms with Crippen molar-refractivity contribution in [3.05, 3.63) is 11.7 Å². The number of carbonyl (C=O) groups excluding carboxylic acids is 1. The molecule has 0 atom stereocenters. The van der Waals surface area contributed by atoms with Gasteiger partial charge in [-0.1, -0.05) is 5.16 Å². The van der Waals surface area contributed by atoms with Crippen LogP contribution in [0, 0.1) is 12.8 Å². The second kappa shape index (κ2) is 4.68. The summed E-state index contributed by atoms with van der Waals surface area (Å²) in [5.74, 6) is 2.23. The van der Waals surface area contributed by atoms with Gasteiger partial charge in [-0.3, -0.25) is 4.79 Å². The Hall–Kier alpha value is -1.43. The molecule has 2 saturated heterocycles. The van der Waals surface area contributed by atoms with Gasteiger partial charge in [-0.15, -0.1) is 0 Å². The molecule has 2 aliphatic heterocycles. The maximum absolute atomic E-state index is 12.1. The van der Waals surface area contributed by atoms with Crippen molar-refractivity contribution in [2.45, 2.75) is 25.7 Å². The van der Waals surface area contributed by atoms with Crippen LogP contribution < -0.4 is 5.32 Å². The Morgan fingerprint density at radius 2 is 2.11 bits per heavy atom. The van der Waals surface area contributed by atoms with Crippen molar-refractivity contribution >= 4 is 5.91 Å². The van der Waals surface area contributed by atoms with E-state index in [1.54, 1.807) is 0 Å². The minimum Gasteiger partial charge on any atom is -0.342 e. The highest BCUT2D eigenvalue weighted by Gasteiger charge is 2.32. The maximum Gasteiger partial charge on any atom is 0.229 e. The molecule has 98 valence electrons. The monoisotopic (exact) mass is 250 g/mol. The molecule has 0 spiro atoms. The van der Waals surface area contributed by atoms with Crippen molar-refractivity contribution in [2.24, 2.45) is 5.92 Å². The van der Waals surface area contributed by atoms with Gasteiger partial charge in [0.05, 0.1) is 5.92 Å². The highest BCUT2D eigenvalue weighted by Crippen LogP contribution is 2.27. The van der Waals surface area contributed by atoms with Gasteiger partial charge in [-0.05, 0) is 19.8 Å². The number of rotatable bonds is 2. The predicted octanol–water partition coefficient (Wildman–Crippen LogP) is 0.303. The molecule has 0 bridgehead atoms. The highest BCUT2D eigenvalue weighted by molar-refractivity contribution is 5.80. The number of nitrogens with one attached hydrogen (secondary N) is 1. The van der Waals surface area contributed by atoms with E-state index >= 15 is 0 Å². The van der Waals surface area contributed by atoms with Gasteiger partial charge < -0.3 is 14.7 Å². The average molecular weight is 250 g/mol. The SMILES string of the molecule is Cc1noc(C2CCN(C(=O)C3CNC3)CC2)n1. The number of piperidine rings is 1. The van der Waals surface area contributed by atoms with Crippen LogP contribution in [0.5, 0.6) is 0 Å². The summed E-state index contributed by atoms with van der Waals surface area (Å²) in [6, 6.07) is 0. The molecular formula is C12H18N4O2. The fraction of sp³-hybridized carbons (Fsp3) is 0.750. The van der Waals surface area contributed by atoms with E-state index in [0.717, 1.165) is 44.9 Å². The smallest absolute Gasteiger partial charge is 0.229 e. The third-order valence-corrected chi connectivity index (χ3v) is 3.83. The average Bonchev–Trinajstić information content (AvgIpc) is 2.74. The van der Waals surface area contributed by atoms with Crippen LogP contribution in [0.15, 0.2) is 4.52 Å². The Morgan fingerprint density at radius 3 is 2.61 bits per heavy atom. The van der Waals surface area contributed by atoms with Crippen molar-refractivity contribution in [2.75, 3.05) is 26.2 Å². The molecule has 2 fully saturated rings. The molecule has 6 nitrogen and oxygen atoms in total. The van der Waals surface area contributed by atoms with E-state index in [1.165, 1.54) is 0 Å². The summed E-state index contributed by atoms with van der Waals surface area (Å²) >= 11 is 0. The molecule has 1 aromatic heterocycles. The van der Waals surface area contributed by atoms with Crippen molar-refractivity contribution in [1.29, 1.82) is 0 Å². The first-order chi connectivity index (χ1) is 8.74. The topological polar surface area (TPSA) is 71.3 Å². The van der Waals surface area contributed by atoms with E-state index in [9.17, 15) is 4.79 Å². The van der Waals surface area contributed by atoms with Crippen LogP contribution in [0.25, 0.3) is 0 Å². The van der Waals surface area contributed by atoms with Gasteiger partial charge in [-0.2, -0.15) is 4.98 Å². The molecule has 0 radical (unpaired) electrons. The summed E-state index contributed by atoms with van der Waals surface area (Å²) in [5.41, 5.74) is 0. The molecule has 3 rings (SSSR count). The van der Waals surface area contributed by atoms with Crippen LogP contribution in [0.2, 0.25) is 0 Å². The molecule has 0 aliphatic carbocycles. The first-order valence-electron chi connectivity index (χ1n) is 6.54. The summed E-state index contributed by atoms with van der Waals surface area (Å²) in [4.78, 5) is 18.3. The Bertz CT molecular complexity index is 433. The molecule has 3 heterocycles. The van der Waals surface area contributed by atoms with Gasteiger partial charge in [0, 0.05) is 32.1 Å². The van der Waals surface area contributed by atoms with Gasteiger partial charge in [-0.25, -0.2) is 0 Å². The van der Waals surface area contributed by atoms with Crippen molar-refractivity contribution in [3.8, 4) is 0 Å². The second-order valence-electron chi connectivity index (χ2n) is 5.13. The second-order valence-corrected chi connectivity index (χ2v) is 5.13. The fourth-order valence-corrected chi connectivity index (χ4v) is 2.55. The number of hydrogen-bond acceptors (Lipinski definition) is 5. The summed E-state index contributed by atoms with van der Waals surface area (Å²) in [6.45, 7) is 5.11. The fourth-order valence-electron chi connectivity index (χ4n) is 2.55. The molecular weight excluding hydrogens is 232 g/mol. The van der Waals surface area contributed by atoms with Gasteiger partial charge in [0.25, 0.3) is 0 Å². The number of hydrogen-bond donors (Lipinski definition) is 1. The van der Waals surface area contributed by atoms with E-state index in [0.29, 0.717) is 17.6 Å². The Morgan fingerprint density at radius 1 is 1.39 bits per heavy atom. The molecule has 18 heavy (non-hydrogen) atoms. The highest BCUT2D eigenvalue weighted by atomic mass is 16.5. The minimum atomic E-state index is 0.201. The van der Waals surface area contributed by atoms with Crippen LogP contribution in [-0.2, 0) is 4.79 Å². The summed E-state index contributed by atoms with van der Waals surface area (Å²) in [5, 5.41) is 6.96. The van der Waals surface area contributed by atoms with E-state index < -0.39 is 0 Å². The zero-order chi connectivity index (χ0) is 12.5. The Balaban J connectivity index is 1.56. The first kappa shape index (κ1) is 11.6. The lowest BCUT2D eigenvalue weighted by Gasteiger charge is -2.36. The van der Waals surface area contributed by atoms with Crippen molar-refractivity contribution in [3.63, 3.8) is 0 Å². The zero-order valence-electron chi connectivity index (χ0n) is 10.6. The largest absolute Gasteiger partial charge is 0.342 e. The lowest BCUT2D eigenvalue weighted by Crippen LogP contribution is -2.53. The van der Waals surface area contributed by atoms with Gasteiger partial charge in [0.1, 0.15) is 0 Å². The van der Waals surface area contributed by atoms with Crippen LogP contribution in [0.1, 0.15) is 30.5 Å². The van der Waals surface area contributed by atoms with E-state index in [4.69, 9.17) is 4.52 Å². The number of likely N-dealkylation sites (tertiary alicyclic amines) is 1. The molecule has 6 heteroatoms. The minimum absolute atomic E-state index is 0.201. The molecule has 0 saturated carbocycles. The van der Waals surface area contributed by atoms with Crippen LogP contribution in [-0.4, -0.2) is 47.1 Å². The third-order valence-electron chi connectivity index (χ3n) is 3.83. The first-order valence-corrected chi connectivity index (χ1v) is 6.54. The van der Waals surface area contributed by atoms with Gasteiger partial charge in [0.15, 0.2) is 5.82 Å². The number of amides is 1. The van der Waals surface area contributed by atoms with Gasteiger partial charge in [0.2, 0.25) is 11.8 Å². The van der Waals surface area contributed by atoms with Crippen LogP contribution in [0.3, 0.4) is 0 Å². The zero-order valence-corrected chi connectivity index (χ0v) is 10.6. The summed E-state index contributed by atoms with van der Waals surface area (Å²) in [6.07, 6.45) is 1.85. The van der Waals surface area contributed by atoms with Gasteiger partial charge >= 0.3 is 0 Å². The molecule has 1 aromatic rings. The molecule has 0 unspecified atom stereocenters. The van der Waals surface area contributed by atoms with Crippen molar-refractivity contribution < 1.29 is 9.32 Å². The summed E-state index contributed by atoms with van der Waals surface area (Å²) in [7, 11) is 0. The third kappa shape index (κ3) is 2.12. The number of aromatic nitrogens is 2.